The Balaban J connectivity index is 1.58. The van der Waals surface area contributed by atoms with Gasteiger partial charge in [0, 0.05) is 16.8 Å². The fourth-order valence-corrected chi connectivity index (χ4v) is 2.76. The first kappa shape index (κ1) is 17.4. The van der Waals surface area contributed by atoms with Crippen LogP contribution in [0.2, 0.25) is 0 Å². The maximum absolute atomic E-state index is 12.6. The zero-order chi connectivity index (χ0) is 19.5. The summed E-state index contributed by atoms with van der Waals surface area (Å²) in [6, 6.07) is 17.1. The van der Waals surface area contributed by atoms with Crippen molar-refractivity contribution in [2.45, 2.75) is 6.92 Å². The molecule has 7 heteroatoms. The average Bonchev–Trinajstić information content (AvgIpc) is 3.40. The van der Waals surface area contributed by atoms with Crippen LogP contribution in [0.4, 0.5) is 5.69 Å². The molecule has 4 aromatic rings. The lowest BCUT2D eigenvalue weighted by atomic mass is 10.0. The molecular weight excluding hydrogens is 358 g/mol. The molecule has 0 atom stereocenters. The van der Waals surface area contributed by atoms with Crippen LogP contribution in [0.3, 0.4) is 0 Å². The number of ketones is 1. The highest BCUT2D eigenvalue weighted by Gasteiger charge is 2.16. The smallest absolute Gasteiger partial charge is 0.283 e. The van der Waals surface area contributed by atoms with Gasteiger partial charge in [0.05, 0.1) is 11.8 Å². The second kappa shape index (κ2) is 7.32. The summed E-state index contributed by atoms with van der Waals surface area (Å²) >= 11 is 0. The minimum Gasteiger partial charge on any atom is -0.459 e. The van der Waals surface area contributed by atoms with Gasteiger partial charge in [-0.3, -0.25) is 9.59 Å². The fraction of sp³-hybridized carbons (Fsp3) is 0.0476. The average molecular weight is 373 g/mol. The van der Waals surface area contributed by atoms with Gasteiger partial charge in [-0.25, -0.2) is 0 Å². The highest BCUT2D eigenvalue weighted by molar-refractivity contribution is 6.12. The topological polar surface area (TPSA) is 98.2 Å². The van der Waals surface area contributed by atoms with Crippen molar-refractivity contribution in [1.82, 2.24) is 10.2 Å². The number of amides is 1. The fourth-order valence-electron chi connectivity index (χ4n) is 2.76. The summed E-state index contributed by atoms with van der Waals surface area (Å²) in [5.74, 6) is 0.501. The van der Waals surface area contributed by atoms with E-state index in [2.05, 4.69) is 15.5 Å². The number of hydrogen-bond acceptors (Lipinski definition) is 6. The van der Waals surface area contributed by atoms with E-state index in [0.29, 0.717) is 34.0 Å². The lowest BCUT2D eigenvalue weighted by molar-refractivity contribution is 0.0985. The van der Waals surface area contributed by atoms with Crippen LogP contribution in [0.5, 0.6) is 0 Å². The van der Waals surface area contributed by atoms with E-state index >= 15 is 0 Å². The third kappa shape index (κ3) is 3.45. The normalized spacial score (nSPS) is 10.6. The molecule has 2 aromatic carbocycles. The highest BCUT2D eigenvalue weighted by Crippen LogP contribution is 2.26. The molecule has 2 aromatic heterocycles. The molecule has 0 saturated heterocycles. The second-order valence-corrected chi connectivity index (χ2v) is 6.03. The number of furan rings is 1. The largest absolute Gasteiger partial charge is 0.459 e. The third-order valence-corrected chi connectivity index (χ3v) is 4.08. The molecule has 0 aliphatic carbocycles. The van der Waals surface area contributed by atoms with Crippen molar-refractivity contribution < 1.29 is 18.4 Å². The van der Waals surface area contributed by atoms with Crippen molar-refractivity contribution in [3.05, 3.63) is 78.1 Å². The molecule has 0 fully saturated rings. The molecular formula is C21H15N3O4. The van der Waals surface area contributed by atoms with E-state index in [4.69, 9.17) is 8.83 Å². The van der Waals surface area contributed by atoms with E-state index in [0.717, 1.165) is 0 Å². The van der Waals surface area contributed by atoms with Gasteiger partial charge < -0.3 is 14.2 Å². The van der Waals surface area contributed by atoms with Gasteiger partial charge in [0.25, 0.3) is 11.8 Å². The molecule has 0 radical (unpaired) electrons. The molecule has 28 heavy (non-hydrogen) atoms. The lowest BCUT2D eigenvalue weighted by Gasteiger charge is -2.09. The maximum atomic E-state index is 12.6. The van der Waals surface area contributed by atoms with Gasteiger partial charge in [0.15, 0.2) is 11.5 Å². The third-order valence-electron chi connectivity index (χ3n) is 4.08. The van der Waals surface area contributed by atoms with Crippen LogP contribution < -0.4 is 5.32 Å². The second-order valence-electron chi connectivity index (χ2n) is 6.03. The minimum absolute atomic E-state index is 0.171. The Morgan fingerprint density at radius 3 is 2.43 bits per heavy atom. The van der Waals surface area contributed by atoms with Crippen molar-refractivity contribution in [3.63, 3.8) is 0 Å². The summed E-state index contributed by atoms with van der Waals surface area (Å²) in [7, 11) is 0. The summed E-state index contributed by atoms with van der Waals surface area (Å²) in [6.07, 6.45) is 1.52. The summed E-state index contributed by atoms with van der Waals surface area (Å²) in [5.41, 5.74) is 1.87. The van der Waals surface area contributed by atoms with Crippen LogP contribution in [0.1, 0.15) is 27.6 Å². The summed E-state index contributed by atoms with van der Waals surface area (Å²) < 4.78 is 10.9. The van der Waals surface area contributed by atoms with Gasteiger partial charge in [-0.2, -0.15) is 0 Å². The summed E-state index contributed by atoms with van der Waals surface area (Å²) in [5, 5.41) is 10.8. The van der Waals surface area contributed by atoms with Gasteiger partial charge in [0.1, 0.15) is 0 Å². The van der Waals surface area contributed by atoms with Crippen molar-refractivity contribution in [1.29, 1.82) is 0 Å². The number of Topliss-reactive ketones (excluding diaryl/α,β-unsaturated/α-hetero) is 1. The molecule has 7 nitrogen and oxygen atoms in total. The minimum atomic E-state index is -0.371. The molecule has 2 heterocycles. The van der Waals surface area contributed by atoms with Crippen molar-refractivity contribution in [3.8, 4) is 23.1 Å². The van der Waals surface area contributed by atoms with Gasteiger partial charge in [-0.05, 0) is 43.3 Å². The molecule has 0 bridgehead atoms. The van der Waals surface area contributed by atoms with E-state index < -0.39 is 0 Å². The first-order valence-electron chi connectivity index (χ1n) is 8.51. The maximum Gasteiger partial charge on any atom is 0.283 e. The number of hydrogen-bond donors (Lipinski definition) is 1. The molecule has 0 aliphatic rings. The number of anilines is 1. The SMILES string of the molecule is CC(=O)c1ccccc1C(=O)Nc1cccc(-c2nnc(-c3ccco3)o2)c1. The number of carbonyl (C=O) groups excluding carboxylic acids is 2. The molecule has 0 saturated carbocycles. The van der Waals surface area contributed by atoms with Crippen LogP contribution in [-0.4, -0.2) is 21.9 Å². The van der Waals surface area contributed by atoms with Crippen molar-refractivity contribution in [2.75, 3.05) is 5.32 Å². The predicted molar refractivity (Wildman–Crippen MR) is 102 cm³/mol. The van der Waals surface area contributed by atoms with E-state index in [1.54, 1.807) is 60.7 Å². The van der Waals surface area contributed by atoms with E-state index in [9.17, 15) is 9.59 Å². The summed E-state index contributed by atoms with van der Waals surface area (Å²) in [4.78, 5) is 24.4. The van der Waals surface area contributed by atoms with Gasteiger partial charge >= 0.3 is 0 Å². The predicted octanol–water partition coefficient (Wildman–Crippen LogP) is 4.45. The summed E-state index contributed by atoms with van der Waals surface area (Å²) in [6.45, 7) is 1.43. The molecule has 4 rings (SSSR count). The Hall–Kier alpha value is -4.00. The van der Waals surface area contributed by atoms with E-state index in [1.165, 1.54) is 13.2 Å². The van der Waals surface area contributed by atoms with Crippen LogP contribution >= 0.6 is 0 Å². The van der Waals surface area contributed by atoms with E-state index in [-0.39, 0.29) is 17.6 Å². The van der Waals surface area contributed by atoms with Crippen LogP contribution in [0, 0.1) is 0 Å². The Bertz CT molecular complexity index is 1150. The Morgan fingerprint density at radius 2 is 1.68 bits per heavy atom. The highest BCUT2D eigenvalue weighted by atomic mass is 16.4. The van der Waals surface area contributed by atoms with Crippen LogP contribution in [0.15, 0.2) is 75.8 Å². The molecule has 1 amide bonds. The number of rotatable bonds is 5. The van der Waals surface area contributed by atoms with Crippen LogP contribution in [-0.2, 0) is 0 Å². The number of benzene rings is 2. The van der Waals surface area contributed by atoms with Gasteiger partial charge in [-0.15, -0.1) is 10.2 Å². The van der Waals surface area contributed by atoms with E-state index in [1.807, 2.05) is 0 Å². The van der Waals surface area contributed by atoms with Crippen molar-refractivity contribution in [2.24, 2.45) is 0 Å². The van der Waals surface area contributed by atoms with Gasteiger partial charge in [0.2, 0.25) is 5.89 Å². The molecule has 0 aliphatic heterocycles. The van der Waals surface area contributed by atoms with Gasteiger partial charge in [-0.1, -0.05) is 24.3 Å². The van der Waals surface area contributed by atoms with Crippen molar-refractivity contribution >= 4 is 17.4 Å². The number of nitrogens with zero attached hydrogens (tertiary/aromatic N) is 2. The first-order chi connectivity index (χ1) is 13.6. The number of aromatic nitrogens is 2. The Kier molecular flexibility index (Phi) is 4.55. The molecule has 138 valence electrons. The van der Waals surface area contributed by atoms with Crippen LogP contribution in [0.25, 0.3) is 23.1 Å². The first-order valence-corrected chi connectivity index (χ1v) is 8.51. The Labute approximate surface area is 160 Å². The monoisotopic (exact) mass is 373 g/mol. The lowest BCUT2D eigenvalue weighted by Crippen LogP contribution is -2.15. The molecule has 0 spiro atoms. The Morgan fingerprint density at radius 1 is 0.893 bits per heavy atom. The molecule has 0 unspecified atom stereocenters. The number of nitrogens with one attached hydrogen (secondary N) is 1. The molecule has 1 N–H and O–H groups in total. The quantitative estimate of drug-likeness (QED) is 0.519. The zero-order valence-electron chi connectivity index (χ0n) is 14.9. The number of carbonyl (C=O) groups is 2. The standard InChI is InChI=1S/C21H15N3O4/c1-13(25)16-8-2-3-9-17(16)19(26)22-15-7-4-6-14(12-15)20-23-24-21(28-20)18-10-5-11-27-18/h2-12H,1H3,(H,22,26). The zero-order valence-corrected chi connectivity index (χ0v) is 14.9.